The molecule has 1 radical (unpaired) electrons. The lowest BCUT2D eigenvalue weighted by atomic mass is 10.0. The molecule has 0 aliphatic carbocycles. The zero-order chi connectivity index (χ0) is 13.1. The lowest BCUT2D eigenvalue weighted by molar-refractivity contribution is -0.123. The highest BCUT2D eigenvalue weighted by atomic mass is 16.4. The summed E-state index contributed by atoms with van der Waals surface area (Å²) in [5.74, 6) is 0. The van der Waals surface area contributed by atoms with Crippen LogP contribution in [0, 0.1) is 6.92 Å². The lowest BCUT2D eigenvalue weighted by Gasteiger charge is -2.24. The van der Waals surface area contributed by atoms with Gasteiger partial charge in [-0.05, 0) is 6.42 Å². The zero-order valence-electron chi connectivity index (χ0n) is 8.98. The van der Waals surface area contributed by atoms with Crippen LogP contribution in [0.5, 0.6) is 0 Å². The molecule has 7 nitrogen and oxygen atoms in total. The average Bonchev–Trinajstić information content (AvgIpc) is 2.34. The van der Waals surface area contributed by atoms with Crippen molar-refractivity contribution in [3.8, 4) is 0 Å². The molecule has 0 spiro atoms. The molecule has 4 atom stereocenters. The molecule has 0 fully saturated rings. The second-order valence-electron chi connectivity index (χ2n) is 3.06. The molecule has 7 heteroatoms. The van der Waals surface area contributed by atoms with Crippen LogP contribution in [0.1, 0.15) is 6.42 Å². The van der Waals surface area contributed by atoms with Gasteiger partial charge in [-0.15, -0.1) is 0 Å². The van der Waals surface area contributed by atoms with Gasteiger partial charge in [0, 0.05) is 6.61 Å². The number of rotatable bonds is 6. The average molecular weight is 241 g/mol. The first-order valence-electron chi connectivity index (χ1n) is 4.80. The van der Waals surface area contributed by atoms with E-state index in [1.807, 2.05) is 0 Å². The van der Waals surface area contributed by atoms with E-state index in [4.69, 9.17) is 35.7 Å². The minimum absolute atomic E-state index is 0.208. The summed E-state index contributed by atoms with van der Waals surface area (Å²) in [6, 6.07) is 0. The smallest absolute Gasteiger partial charge is 0.111 e. The Kier molecular flexibility index (Phi) is 12.7. The molecule has 0 aliphatic rings. The van der Waals surface area contributed by atoms with Gasteiger partial charge in [-0.2, -0.15) is 0 Å². The summed E-state index contributed by atoms with van der Waals surface area (Å²) < 4.78 is 0. The Bertz CT molecular complexity index is 128. The third kappa shape index (κ3) is 7.94. The van der Waals surface area contributed by atoms with Crippen LogP contribution in [0.25, 0.3) is 0 Å². The zero-order valence-corrected chi connectivity index (χ0v) is 8.98. The quantitative estimate of drug-likeness (QED) is 0.257. The van der Waals surface area contributed by atoms with Crippen LogP contribution >= 0.6 is 0 Å². The molecule has 0 amide bonds. The summed E-state index contributed by atoms with van der Waals surface area (Å²) in [5, 5.41) is 60.0. The largest absolute Gasteiger partial charge is 0.396 e. The van der Waals surface area contributed by atoms with E-state index in [1.54, 1.807) is 0 Å². The predicted molar refractivity (Wildman–Crippen MR) is 55.3 cm³/mol. The van der Waals surface area contributed by atoms with Crippen LogP contribution in [0.4, 0.5) is 0 Å². The van der Waals surface area contributed by atoms with E-state index in [9.17, 15) is 0 Å². The van der Waals surface area contributed by atoms with Crippen molar-refractivity contribution in [3.05, 3.63) is 6.92 Å². The lowest BCUT2D eigenvalue weighted by Crippen LogP contribution is -2.46. The molecule has 0 aliphatic heterocycles. The Morgan fingerprint density at radius 3 is 1.12 bits per heavy atom. The second kappa shape index (κ2) is 11.2. The summed E-state index contributed by atoms with van der Waals surface area (Å²) in [6.45, 7) is 2.11. The van der Waals surface area contributed by atoms with E-state index in [2.05, 4.69) is 6.92 Å². The maximum atomic E-state index is 8.96. The molecule has 0 saturated heterocycles. The highest BCUT2D eigenvalue weighted by Crippen LogP contribution is 2.03. The SMILES string of the molecule is OCC(O)C(O)C(O)C(O)CO.[CH2]CCO. The summed E-state index contributed by atoms with van der Waals surface area (Å²) >= 11 is 0. The monoisotopic (exact) mass is 241 g/mol. The van der Waals surface area contributed by atoms with Gasteiger partial charge >= 0.3 is 0 Å². The van der Waals surface area contributed by atoms with E-state index >= 15 is 0 Å². The van der Waals surface area contributed by atoms with Crippen LogP contribution in [0.3, 0.4) is 0 Å². The Morgan fingerprint density at radius 1 is 0.750 bits per heavy atom. The first-order chi connectivity index (χ1) is 7.45. The standard InChI is InChI=1S/C6H14O6.C3H7O/c7-1-3(9)5(11)6(12)4(10)2-8;1-2-3-4/h3-12H,1-2H2;4H,1-3H2. The Balaban J connectivity index is 0. The van der Waals surface area contributed by atoms with Gasteiger partial charge in [-0.25, -0.2) is 0 Å². The fraction of sp³-hybridized carbons (Fsp3) is 0.889. The van der Waals surface area contributed by atoms with Crippen molar-refractivity contribution in [3.63, 3.8) is 0 Å². The molecular formula is C9H21O7. The summed E-state index contributed by atoms with van der Waals surface area (Å²) in [7, 11) is 0. The number of hydrogen-bond acceptors (Lipinski definition) is 7. The van der Waals surface area contributed by atoms with Crippen molar-refractivity contribution >= 4 is 0 Å². The van der Waals surface area contributed by atoms with Crippen molar-refractivity contribution in [1.29, 1.82) is 0 Å². The predicted octanol–water partition coefficient (Wildman–Crippen LogP) is -3.38. The van der Waals surface area contributed by atoms with Crippen LogP contribution in [-0.4, -0.2) is 80.0 Å². The molecule has 0 aromatic rings. The van der Waals surface area contributed by atoms with Gasteiger partial charge in [0.1, 0.15) is 24.4 Å². The summed E-state index contributed by atoms with van der Waals surface area (Å²) in [6.07, 6.45) is -5.77. The maximum Gasteiger partial charge on any atom is 0.111 e. The molecule has 0 aromatic carbocycles. The second-order valence-corrected chi connectivity index (χ2v) is 3.06. The van der Waals surface area contributed by atoms with E-state index < -0.39 is 37.6 Å². The maximum absolute atomic E-state index is 8.96. The summed E-state index contributed by atoms with van der Waals surface area (Å²) in [4.78, 5) is 0. The molecule has 0 heterocycles. The van der Waals surface area contributed by atoms with Gasteiger partial charge in [0.15, 0.2) is 0 Å². The fourth-order valence-electron chi connectivity index (χ4n) is 0.671. The normalized spacial score (nSPS) is 18.0. The highest BCUT2D eigenvalue weighted by molar-refractivity contribution is 4.79. The molecule has 0 saturated carbocycles. The van der Waals surface area contributed by atoms with Crippen molar-refractivity contribution < 1.29 is 35.7 Å². The van der Waals surface area contributed by atoms with Crippen LogP contribution in [-0.2, 0) is 0 Å². The molecule has 16 heavy (non-hydrogen) atoms. The first-order valence-corrected chi connectivity index (χ1v) is 4.80. The van der Waals surface area contributed by atoms with Crippen molar-refractivity contribution in [2.45, 2.75) is 30.8 Å². The van der Waals surface area contributed by atoms with Gasteiger partial charge in [-0.1, -0.05) is 6.92 Å². The number of hydrogen-bond donors (Lipinski definition) is 7. The van der Waals surface area contributed by atoms with E-state index in [-0.39, 0.29) is 6.61 Å². The Labute approximate surface area is 94.2 Å². The molecular weight excluding hydrogens is 220 g/mol. The summed E-state index contributed by atoms with van der Waals surface area (Å²) in [5.41, 5.74) is 0. The highest BCUT2D eigenvalue weighted by Gasteiger charge is 2.29. The molecule has 99 valence electrons. The van der Waals surface area contributed by atoms with Crippen LogP contribution < -0.4 is 0 Å². The minimum Gasteiger partial charge on any atom is -0.396 e. The first kappa shape index (κ1) is 18.1. The van der Waals surface area contributed by atoms with Gasteiger partial charge < -0.3 is 35.7 Å². The van der Waals surface area contributed by atoms with Crippen molar-refractivity contribution in [2.75, 3.05) is 19.8 Å². The Morgan fingerprint density at radius 2 is 1.00 bits per heavy atom. The van der Waals surface area contributed by atoms with Crippen molar-refractivity contribution in [2.24, 2.45) is 0 Å². The molecule has 0 bridgehead atoms. The number of aliphatic hydroxyl groups excluding tert-OH is 7. The molecule has 0 aromatic heterocycles. The van der Waals surface area contributed by atoms with E-state index in [1.165, 1.54) is 0 Å². The number of aliphatic hydroxyl groups is 7. The Hall–Kier alpha value is -0.280. The van der Waals surface area contributed by atoms with Gasteiger partial charge in [0.05, 0.1) is 13.2 Å². The molecule has 0 rings (SSSR count). The van der Waals surface area contributed by atoms with Gasteiger partial charge in [0.2, 0.25) is 0 Å². The van der Waals surface area contributed by atoms with E-state index in [0.29, 0.717) is 6.42 Å². The molecule has 7 N–H and O–H groups in total. The third-order valence-corrected chi connectivity index (χ3v) is 1.67. The van der Waals surface area contributed by atoms with Crippen LogP contribution in [0.15, 0.2) is 0 Å². The van der Waals surface area contributed by atoms with Crippen LogP contribution in [0.2, 0.25) is 0 Å². The third-order valence-electron chi connectivity index (χ3n) is 1.67. The van der Waals surface area contributed by atoms with E-state index in [0.717, 1.165) is 0 Å². The van der Waals surface area contributed by atoms with Gasteiger partial charge in [-0.3, -0.25) is 0 Å². The minimum atomic E-state index is -1.67. The topological polar surface area (TPSA) is 142 Å². The molecule has 4 unspecified atom stereocenters. The van der Waals surface area contributed by atoms with Gasteiger partial charge in [0.25, 0.3) is 0 Å². The van der Waals surface area contributed by atoms with Crippen molar-refractivity contribution in [1.82, 2.24) is 0 Å². The fourth-order valence-corrected chi connectivity index (χ4v) is 0.671.